The molecule has 5 heterocycles. The van der Waals surface area contributed by atoms with Gasteiger partial charge < -0.3 is 9.97 Å². The molecule has 9 aromatic rings. The fraction of sp³-hybridized carbons (Fsp3) is 0. The summed E-state index contributed by atoms with van der Waals surface area (Å²) in [7, 11) is 0. The lowest BCUT2D eigenvalue weighted by Crippen LogP contribution is -1.83. The van der Waals surface area contributed by atoms with E-state index in [1.165, 1.54) is 0 Å². The van der Waals surface area contributed by atoms with Crippen LogP contribution in [0.15, 0.2) is 121 Å². The Bertz CT molecular complexity index is 2830. The Kier molecular flexibility index (Phi) is 4.96. The van der Waals surface area contributed by atoms with E-state index in [4.69, 9.17) is 29.9 Å². The van der Waals surface area contributed by atoms with Crippen molar-refractivity contribution in [2.45, 2.75) is 0 Å². The highest BCUT2D eigenvalue weighted by molar-refractivity contribution is 6.32. The molecule has 8 heteroatoms. The molecule has 0 aliphatic carbocycles. The maximum Gasteiger partial charge on any atom is 0.164 e. The summed E-state index contributed by atoms with van der Waals surface area (Å²) in [6, 6.07) is 41.3. The fourth-order valence-electron chi connectivity index (χ4n) is 7.31. The van der Waals surface area contributed by atoms with Crippen molar-refractivity contribution in [3.8, 4) is 45.6 Å². The van der Waals surface area contributed by atoms with Gasteiger partial charge in [0, 0.05) is 43.8 Å². The summed E-state index contributed by atoms with van der Waals surface area (Å²) >= 11 is 0. The highest BCUT2D eigenvalue weighted by atomic mass is 15.1. The Morgan fingerprint density at radius 2 is 0.562 bits per heavy atom. The van der Waals surface area contributed by atoms with Gasteiger partial charge in [-0.05, 0) is 21.5 Å². The largest absolute Gasteiger partial charge is 0.324 e. The van der Waals surface area contributed by atoms with E-state index in [-0.39, 0.29) is 0 Å². The molecule has 2 aliphatic heterocycles. The molecule has 0 atom stereocenters. The minimum absolute atomic E-state index is 0.586. The molecule has 3 aromatic heterocycles. The van der Waals surface area contributed by atoms with Crippen LogP contribution in [0.1, 0.15) is 0 Å². The molecule has 222 valence electrons. The van der Waals surface area contributed by atoms with Crippen LogP contribution in [0.5, 0.6) is 0 Å². The van der Waals surface area contributed by atoms with Crippen LogP contribution in [0.4, 0.5) is 0 Å². The molecule has 2 aliphatic rings. The molecule has 0 unspecified atom stereocenters. The first-order chi connectivity index (χ1) is 23.8. The summed E-state index contributed by atoms with van der Waals surface area (Å²) in [4.78, 5) is 38.0. The van der Waals surface area contributed by atoms with Gasteiger partial charge in [0.2, 0.25) is 0 Å². The number of nitrogens with zero attached hydrogens (tertiary/aromatic N) is 6. The number of H-pyrrole nitrogens is 2. The summed E-state index contributed by atoms with van der Waals surface area (Å²) in [6.45, 7) is 0. The van der Waals surface area contributed by atoms with Gasteiger partial charge in [-0.25, -0.2) is 29.9 Å². The number of aromatic amines is 2. The molecule has 0 amide bonds. The van der Waals surface area contributed by atoms with Crippen LogP contribution in [0.25, 0.3) is 111 Å². The maximum atomic E-state index is 5.27. The van der Waals surface area contributed by atoms with E-state index in [1.54, 1.807) is 0 Å². The van der Waals surface area contributed by atoms with Gasteiger partial charge >= 0.3 is 0 Å². The van der Waals surface area contributed by atoms with Gasteiger partial charge in [-0.2, -0.15) is 0 Å². The Balaban J connectivity index is 1.41. The molecule has 0 radical (unpaired) electrons. The topological polar surface area (TPSA) is 109 Å². The number of nitrogens with one attached hydrogen (secondary N) is 2. The molecule has 6 aromatic carbocycles. The summed E-state index contributed by atoms with van der Waals surface area (Å²) in [5, 5.41) is 8.34. The standard InChI is InChI=1S/C40H22N8/c1-3-13-23-21(11-1)22-12-2-4-14-24(22)32-31(23)39-46-37-29-19-9-7-17-27(29)35(44-37)42-33-25-15-5-6-16-26(25)34(41-33)43-36-28-18-8-10-20-30(28)38(45-36)47-40(32)48-39/h1-20H,(H2,41,42,43,44,45,46,47,48). The highest BCUT2D eigenvalue weighted by Crippen LogP contribution is 2.41. The third kappa shape index (κ3) is 3.48. The third-order valence-corrected chi connectivity index (χ3v) is 9.43. The first kappa shape index (κ1) is 25.4. The Morgan fingerprint density at radius 1 is 0.271 bits per heavy atom. The number of fused-ring (bicyclic) bond motifs is 25. The smallest absolute Gasteiger partial charge is 0.164 e. The lowest BCUT2D eigenvalue weighted by molar-refractivity contribution is 1.19. The van der Waals surface area contributed by atoms with Crippen LogP contribution in [0, 0.1) is 0 Å². The zero-order valence-electron chi connectivity index (χ0n) is 25.2. The zero-order valence-corrected chi connectivity index (χ0v) is 25.2. The van der Waals surface area contributed by atoms with Crippen LogP contribution < -0.4 is 0 Å². The number of hydrogen-bond acceptors (Lipinski definition) is 6. The van der Waals surface area contributed by atoms with Crippen molar-refractivity contribution < 1.29 is 0 Å². The van der Waals surface area contributed by atoms with E-state index in [0.717, 1.165) is 65.3 Å². The molecule has 0 saturated carbocycles. The first-order valence-electron chi connectivity index (χ1n) is 15.8. The van der Waals surface area contributed by atoms with E-state index < -0.39 is 0 Å². The predicted molar refractivity (Wildman–Crippen MR) is 191 cm³/mol. The van der Waals surface area contributed by atoms with Crippen LogP contribution in [-0.4, -0.2) is 39.9 Å². The molecule has 0 saturated heterocycles. The monoisotopic (exact) mass is 614 g/mol. The molecule has 2 N–H and O–H groups in total. The number of aromatic nitrogens is 8. The van der Waals surface area contributed by atoms with E-state index in [9.17, 15) is 0 Å². The number of rotatable bonds is 0. The van der Waals surface area contributed by atoms with Crippen molar-refractivity contribution >= 4 is 65.7 Å². The van der Waals surface area contributed by atoms with Crippen LogP contribution in [0.3, 0.4) is 0 Å². The Hall–Kier alpha value is -6.80. The highest BCUT2D eigenvalue weighted by Gasteiger charge is 2.23. The molecule has 8 bridgehead atoms. The summed E-state index contributed by atoms with van der Waals surface area (Å²) in [5.41, 5.74) is 6.39. The fourth-order valence-corrected chi connectivity index (χ4v) is 7.31. The van der Waals surface area contributed by atoms with Crippen molar-refractivity contribution in [2.75, 3.05) is 0 Å². The number of hydrogen-bond donors (Lipinski definition) is 2. The van der Waals surface area contributed by atoms with Gasteiger partial charge in [-0.15, -0.1) is 0 Å². The van der Waals surface area contributed by atoms with Gasteiger partial charge in [0.25, 0.3) is 0 Å². The Morgan fingerprint density at radius 3 is 0.958 bits per heavy atom. The predicted octanol–water partition coefficient (Wildman–Crippen LogP) is 9.18. The molecule has 0 fully saturated rings. The second-order valence-corrected chi connectivity index (χ2v) is 12.1. The van der Waals surface area contributed by atoms with Crippen molar-refractivity contribution in [1.82, 2.24) is 39.9 Å². The van der Waals surface area contributed by atoms with Crippen LogP contribution in [-0.2, 0) is 0 Å². The summed E-state index contributed by atoms with van der Waals surface area (Å²) in [5.74, 6) is 2.35. The van der Waals surface area contributed by atoms with Crippen molar-refractivity contribution in [2.24, 2.45) is 0 Å². The van der Waals surface area contributed by atoms with Crippen molar-refractivity contribution in [1.29, 1.82) is 0 Å². The van der Waals surface area contributed by atoms with E-state index in [1.807, 2.05) is 72.8 Å². The second kappa shape index (κ2) is 9.37. The van der Waals surface area contributed by atoms with E-state index in [2.05, 4.69) is 58.5 Å². The Labute approximate surface area is 271 Å². The van der Waals surface area contributed by atoms with Gasteiger partial charge in [0.15, 0.2) is 23.3 Å². The van der Waals surface area contributed by atoms with Crippen molar-refractivity contribution in [3.63, 3.8) is 0 Å². The molecular formula is C40H22N8. The van der Waals surface area contributed by atoms with Crippen molar-refractivity contribution in [3.05, 3.63) is 121 Å². The molecule has 48 heavy (non-hydrogen) atoms. The third-order valence-electron chi connectivity index (χ3n) is 9.43. The molecular weight excluding hydrogens is 592 g/mol. The molecule has 0 spiro atoms. The molecule has 11 rings (SSSR count). The van der Waals surface area contributed by atoms with Gasteiger partial charge in [-0.3, -0.25) is 0 Å². The van der Waals surface area contributed by atoms with Gasteiger partial charge in [0.1, 0.15) is 22.6 Å². The number of benzene rings is 6. The SMILES string of the molecule is c1ccc2c(c1)-c1nc-2nc2[nH]c(nc3nc(nc4[nH]c(n1)c1ccccc41)-c1ccccc1-3)c1c3ccccc3c3ccccc3c21. The lowest BCUT2D eigenvalue weighted by atomic mass is 9.96. The minimum atomic E-state index is 0.586. The molecule has 8 nitrogen and oxygen atoms in total. The second-order valence-electron chi connectivity index (χ2n) is 12.1. The van der Waals surface area contributed by atoms with E-state index >= 15 is 0 Å². The minimum Gasteiger partial charge on any atom is -0.324 e. The summed E-state index contributed by atoms with van der Waals surface area (Å²) < 4.78 is 0. The summed E-state index contributed by atoms with van der Waals surface area (Å²) in [6.07, 6.45) is 0. The van der Waals surface area contributed by atoms with Crippen LogP contribution >= 0.6 is 0 Å². The first-order valence-corrected chi connectivity index (χ1v) is 15.8. The lowest BCUT2D eigenvalue weighted by Gasteiger charge is -2.07. The zero-order chi connectivity index (χ0) is 31.3. The van der Waals surface area contributed by atoms with Gasteiger partial charge in [0.05, 0.1) is 0 Å². The van der Waals surface area contributed by atoms with Gasteiger partial charge in [-0.1, -0.05) is 121 Å². The van der Waals surface area contributed by atoms with E-state index in [0.29, 0.717) is 45.9 Å². The van der Waals surface area contributed by atoms with Crippen LogP contribution in [0.2, 0.25) is 0 Å². The quantitative estimate of drug-likeness (QED) is 0.165. The normalized spacial score (nSPS) is 12.2. The maximum absolute atomic E-state index is 5.27. The average Bonchev–Trinajstić information content (AvgIpc) is 3.87. The average molecular weight is 615 g/mol.